The van der Waals surface area contributed by atoms with Crippen LogP contribution in [0.2, 0.25) is 0 Å². The van der Waals surface area contributed by atoms with Crippen LogP contribution in [0, 0.1) is 12.7 Å². The highest BCUT2D eigenvalue weighted by atomic mass is 19.1. The predicted octanol–water partition coefficient (Wildman–Crippen LogP) is 4.24. The number of carbonyl (C=O) groups is 1. The van der Waals surface area contributed by atoms with Gasteiger partial charge in [0.15, 0.2) is 0 Å². The van der Waals surface area contributed by atoms with E-state index in [9.17, 15) is 9.18 Å². The van der Waals surface area contributed by atoms with Gasteiger partial charge in [0, 0.05) is 17.4 Å². The van der Waals surface area contributed by atoms with E-state index in [1.54, 1.807) is 6.07 Å². The minimum atomic E-state index is -0.286. The predicted molar refractivity (Wildman–Crippen MR) is 86.5 cm³/mol. The Morgan fingerprint density at radius 2 is 2.23 bits per heavy atom. The van der Waals surface area contributed by atoms with Gasteiger partial charge in [0.1, 0.15) is 11.5 Å². The number of hydrogen-bond donors (Lipinski definition) is 2. The molecular weight excluding hydrogens is 279 g/mol. The van der Waals surface area contributed by atoms with E-state index in [-0.39, 0.29) is 11.7 Å². The normalized spacial score (nSPS) is 14.9. The molecule has 3 nitrogen and oxygen atoms in total. The first-order valence-electron chi connectivity index (χ1n) is 7.89. The Balaban J connectivity index is 1.67. The van der Waals surface area contributed by atoms with Crippen molar-refractivity contribution in [3.8, 4) is 0 Å². The van der Waals surface area contributed by atoms with E-state index >= 15 is 0 Å². The lowest BCUT2D eigenvalue weighted by Crippen LogP contribution is -2.25. The molecule has 0 unspecified atom stereocenters. The average molecular weight is 300 g/mol. The van der Waals surface area contributed by atoms with Gasteiger partial charge in [-0.2, -0.15) is 0 Å². The molecule has 0 radical (unpaired) electrons. The van der Waals surface area contributed by atoms with Crippen LogP contribution in [-0.2, 0) is 0 Å². The lowest BCUT2D eigenvalue weighted by molar-refractivity contribution is 0.0949. The molecule has 0 bridgehead atoms. The van der Waals surface area contributed by atoms with E-state index < -0.39 is 0 Å². The van der Waals surface area contributed by atoms with Gasteiger partial charge in [0.2, 0.25) is 0 Å². The largest absolute Gasteiger partial charge is 0.350 e. The van der Waals surface area contributed by atoms with Crippen molar-refractivity contribution in [1.29, 1.82) is 0 Å². The molecule has 0 spiro atoms. The van der Waals surface area contributed by atoms with Gasteiger partial charge in [-0.25, -0.2) is 4.39 Å². The third kappa shape index (κ3) is 3.06. The highest BCUT2D eigenvalue weighted by Crippen LogP contribution is 2.23. The molecule has 3 rings (SSSR count). The lowest BCUT2D eigenvalue weighted by Gasteiger charge is -2.12. The van der Waals surface area contributed by atoms with Crippen molar-refractivity contribution in [2.24, 2.45) is 0 Å². The number of aryl methyl sites for hydroxylation is 1. The van der Waals surface area contributed by atoms with E-state index in [2.05, 4.69) is 16.4 Å². The Kier molecular flexibility index (Phi) is 4.27. The summed E-state index contributed by atoms with van der Waals surface area (Å²) in [7, 11) is 0. The van der Waals surface area contributed by atoms with Crippen LogP contribution in [0.1, 0.15) is 48.2 Å². The van der Waals surface area contributed by atoms with E-state index in [0.717, 1.165) is 35.7 Å². The summed E-state index contributed by atoms with van der Waals surface area (Å²) in [6.45, 7) is 2.49. The Morgan fingerprint density at radius 3 is 3.00 bits per heavy atom. The molecule has 2 aromatic rings. The number of carbonyl (C=O) groups excluding carboxylic acids is 1. The topological polar surface area (TPSA) is 44.9 Å². The first-order valence-corrected chi connectivity index (χ1v) is 7.89. The third-order valence-electron chi connectivity index (χ3n) is 4.36. The number of H-pyrrole nitrogens is 1. The molecular formula is C18H21FN2O. The molecule has 22 heavy (non-hydrogen) atoms. The molecule has 1 aliphatic rings. The molecule has 1 aromatic carbocycles. The summed E-state index contributed by atoms with van der Waals surface area (Å²) in [4.78, 5) is 15.4. The van der Waals surface area contributed by atoms with Gasteiger partial charge in [-0.3, -0.25) is 4.79 Å². The fourth-order valence-electron chi connectivity index (χ4n) is 3.08. The van der Waals surface area contributed by atoms with Gasteiger partial charge in [0.05, 0.1) is 0 Å². The molecule has 1 heterocycles. The van der Waals surface area contributed by atoms with Gasteiger partial charge in [-0.15, -0.1) is 0 Å². The summed E-state index contributed by atoms with van der Waals surface area (Å²) < 4.78 is 13.3. The quantitative estimate of drug-likeness (QED) is 0.815. The third-order valence-corrected chi connectivity index (χ3v) is 4.36. The Hall–Kier alpha value is -2.10. The van der Waals surface area contributed by atoms with Crippen molar-refractivity contribution in [3.63, 3.8) is 0 Å². The molecule has 0 fully saturated rings. The number of fused-ring (bicyclic) bond motifs is 1. The Labute approximate surface area is 129 Å². The summed E-state index contributed by atoms with van der Waals surface area (Å²) >= 11 is 0. The maximum absolute atomic E-state index is 13.3. The second kappa shape index (κ2) is 6.34. The van der Waals surface area contributed by atoms with Gasteiger partial charge >= 0.3 is 0 Å². The van der Waals surface area contributed by atoms with Crippen LogP contribution in [0.3, 0.4) is 0 Å². The lowest BCUT2D eigenvalue weighted by atomic mass is 9.97. The summed E-state index contributed by atoms with van der Waals surface area (Å²) in [5.41, 5.74) is 3.56. The van der Waals surface area contributed by atoms with Crippen LogP contribution >= 0.6 is 0 Å². The first kappa shape index (κ1) is 14.8. The monoisotopic (exact) mass is 300 g/mol. The van der Waals surface area contributed by atoms with E-state index in [0.29, 0.717) is 12.2 Å². The van der Waals surface area contributed by atoms with Crippen molar-refractivity contribution in [2.75, 3.05) is 6.54 Å². The van der Waals surface area contributed by atoms with Crippen LogP contribution in [0.15, 0.2) is 29.8 Å². The molecule has 0 atom stereocenters. The standard InChI is InChI=1S/C18H21FN2O/c1-12-15-11-14(19)7-8-16(15)21-17(12)18(22)20-10-9-13-5-3-2-4-6-13/h5,7-8,11,21H,2-4,6,9-10H2,1H3,(H,20,22). The zero-order chi connectivity index (χ0) is 15.5. The number of amides is 1. The van der Waals surface area contributed by atoms with Gasteiger partial charge < -0.3 is 10.3 Å². The van der Waals surface area contributed by atoms with E-state index in [1.807, 2.05) is 6.92 Å². The summed E-state index contributed by atoms with van der Waals surface area (Å²) in [6, 6.07) is 4.53. The maximum atomic E-state index is 13.3. The van der Waals surface area contributed by atoms with Crippen molar-refractivity contribution in [2.45, 2.75) is 39.0 Å². The fraction of sp³-hybridized carbons (Fsp3) is 0.389. The van der Waals surface area contributed by atoms with Crippen molar-refractivity contribution >= 4 is 16.8 Å². The molecule has 2 N–H and O–H groups in total. The van der Waals surface area contributed by atoms with Gasteiger partial charge in [0.25, 0.3) is 5.91 Å². The second-order valence-electron chi connectivity index (χ2n) is 5.93. The summed E-state index contributed by atoms with van der Waals surface area (Å²) in [5.74, 6) is -0.406. The summed E-state index contributed by atoms with van der Waals surface area (Å²) in [6.07, 6.45) is 8.07. The first-order chi connectivity index (χ1) is 10.6. The van der Waals surface area contributed by atoms with E-state index in [4.69, 9.17) is 0 Å². The van der Waals surface area contributed by atoms with Crippen LogP contribution in [0.4, 0.5) is 4.39 Å². The van der Waals surface area contributed by atoms with Crippen LogP contribution in [-0.4, -0.2) is 17.4 Å². The number of hydrogen-bond acceptors (Lipinski definition) is 1. The molecule has 0 saturated heterocycles. The molecule has 1 aliphatic carbocycles. The second-order valence-corrected chi connectivity index (χ2v) is 5.93. The molecule has 1 amide bonds. The smallest absolute Gasteiger partial charge is 0.268 e. The van der Waals surface area contributed by atoms with Crippen LogP contribution in [0.25, 0.3) is 10.9 Å². The van der Waals surface area contributed by atoms with E-state index in [1.165, 1.54) is 30.5 Å². The number of nitrogens with one attached hydrogen (secondary N) is 2. The minimum Gasteiger partial charge on any atom is -0.350 e. The zero-order valence-electron chi connectivity index (χ0n) is 12.8. The molecule has 1 aromatic heterocycles. The SMILES string of the molecule is Cc1c(C(=O)NCCC2=CCCCC2)[nH]c2ccc(F)cc12. The van der Waals surface area contributed by atoms with Crippen molar-refractivity contribution < 1.29 is 9.18 Å². The number of aromatic nitrogens is 1. The maximum Gasteiger partial charge on any atom is 0.268 e. The fourth-order valence-corrected chi connectivity index (χ4v) is 3.08. The van der Waals surface area contributed by atoms with Crippen LogP contribution in [0.5, 0.6) is 0 Å². The van der Waals surface area contributed by atoms with Crippen LogP contribution < -0.4 is 5.32 Å². The highest BCUT2D eigenvalue weighted by Gasteiger charge is 2.15. The number of aromatic amines is 1. The number of allylic oxidation sites excluding steroid dienone is 1. The van der Waals surface area contributed by atoms with Gasteiger partial charge in [-0.1, -0.05) is 11.6 Å². The minimum absolute atomic E-state index is 0.120. The highest BCUT2D eigenvalue weighted by molar-refractivity contribution is 6.00. The number of benzene rings is 1. The van der Waals surface area contributed by atoms with Crippen molar-refractivity contribution in [1.82, 2.24) is 10.3 Å². The number of rotatable bonds is 4. The zero-order valence-corrected chi connectivity index (χ0v) is 12.8. The van der Waals surface area contributed by atoms with Gasteiger partial charge in [-0.05, 0) is 62.8 Å². The number of halogens is 1. The molecule has 4 heteroatoms. The molecule has 0 saturated carbocycles. The molecule has 0 aliphatic heterocycles. The Morgan fingerprint density at radius 1 is 1.36 bits per heavy atom. The Bertz CT molecular complexity index is 730. The molecule has 116 valence electrons. The van der Waals surface area contributed by atoms with Crippen molar-refractivity contribution in [3.05, 3.63) is 46.9 Å². The average Bonchev–Trinajstić information content (AvgIpc) is 2.85. The summed E-state index contributed by atoms with van der Waals surface area (Å²) in [5, 5.41) is 3.72.